The Balaban J connectivity index is 1.51. The first-order valence-electron chi connectivity index (χ1n) is 7.77. The van der Waals surface area contributed by atoms with Crippen LogP contribution in [0.2, 0.25) is 0 Å². The molecule has 1 aliphatic rings. The highest BCUT2D eigenvalue weighted by atomic mass is 16.4. The summed E-state index contributed by atoms with van der Waals surface area (Å²) in [5, 5.41) is 16.9. The van der Waals surface area contributed by atoms with Crippen molar-refractivity contribution in [2.24, 2.45) is 5.92 Å². The molecule has 5 nitrogen and oxygen atoms in total. The third-order valence-corrected chi connectivity index (χ3v) is 4.33. The van der Waals surface area contributed by atoms with Gasteiger partial charge in [-0.1, -0.05) is 18.2 Å². The number of hydrogen-bond donors (Lipinski definition) is 2. The van der Waals surface area contributed by atoms with Gasteiger partial charge >= 0.3 is 5.97 Å². The Morgan fingerprint density at radius 3 is 2.64 bits per heavy atom. The Hall–Kier alpha value is -2.14. The fourth-order valence-corrected chi connectivity index (χ4v) is 2.98. The molecule has 0 amide bonds. The zero-order chi connectivity index (χ0) is 15.4. The minimum atomic E-state index is -0.650. The van der Waals surface area contributed by atoms with Gasteiger partial charge in [0.2, 0.25) is 0 Å². The van der Waals surface area contributed by atoms with Crippen LogP contribution in [0.4, 0.5) is 0 Å². The summed E-state index contributed by atoms with van der Waals surface area (Å²) in [4.78, 5) is 10.9. The van der Waals surface area contributed by atoms with Gasteiger partial charge in [-0.2, -0.15) is 5.10 Å². The topological polar surface area (TPSA) is 67.2 Å². The highest BCUT2D eigenvalue weighted by Crippen LogP contribution is 2.24. The van der Waals surface area contributed by atoms with Gasteiger partial charge in [-0.3, -0.25) is 4.79 Å². The van der Waals surface area contributed by atoms with Gasteiger partial charge in [0.25, 0.3) is 0 Å². The molecule has 1 fully saturated rings. The molecule has 2 aromatic rings. The van der Waals surface area contributed by atoms with E-state index < -0.39 is 5.97 Å². The average molecular weight is 299 g/mol. The van der Waals surface area contributed by atoms with Crippen LogP contribution < -0.4 is 5.32 Å². The van der Waals surface area contributed by atoms with Crippen molar-refractivity contribution in [1.82, 2.24) is 15.1 Å². The van der Waals surface area contributed by atoms with E-state index in [1.165, 1.54) is 0 Å². The number of hydrogen-bond acceptors (Lipinski definition) is 3. The van der Waals surface area contributed by atoms with Crippen molar-refractivity contribution in [1.29, 1.82) is 0 Å². The first-order valence-corrected chi connectivity index (χ1v) is 7.77. The molecule has 1 aliphatic carbocycles. The third-order valence-electron chi connectivity index (χ3n) is 4.33. The normalized spacial score (nSPS) is 21.6. The molecule has 1 heterocycles. The molecule has 116 valence electrons. The largest absolute Gasteiger partial charge is 0.481 e. The minimum Gasteiger partial charge on any atom is -0.481 e. The molecule has 5 heteroatoms. The van der Waals surface area contributed by atoms with Gasteiger partial charge in [0.05, 0.1) is 17.8 Å². The van der Waals surface area contributed by atoms with Crippen LogP contribution in [0.3, 0.4) is 0 Å². The molecule has 1 saturated carbocycles. The molecular weight excluding hydrogens is 278 g/mol. The summed E-state index contributed by atoms with van der Waals surface area (Å²) < 4.78 is 1.87. The van der Waals surface area contributed by atoms with Crippen LogP contribution >= 0.6 is 0 Å². The summed E-state index contributed by atoms with van der Waals surface area (Å²) in [7, 11) is 0. The van der Waals surface area contributed by atoms with E-state index in [0.29, 0.717) is 6.04 Å². The summed E-state index contributed by atoms with van der Waals surface area (Å²) in [5.74, 6) is -0.804. The average Bonchev–Trinajstić information content (AvgIpc) is 3.03. The molecule has 1 aromatic heterocycles. The smallest absolute Gasteiger partial charge is 0.306 e. The van der Waals surface area contributed by atoms with Gasteiger partial charge in [0, 0.05) is 24.3 Å². The number of para-hydroxylation sites is 1. The van der Waals surface area contributed by atoms with Crippen LogP contribution in [0.15, 0.2) is 42.7 Å². The number of aromatic nitrogens is 2. The minimum absolute atomic E-state index is 0.154. The second-order valence-electron chi connectivity index (χ2n) is 5.90. The molecule has 0 saturated heterocycles. The van der Waals surface area contributed by atoms with Crippen LogP contribution in [-0.4, -0.2) is 26.9 Å². The van der Waals surface area contributed by atoms with Crippen LogP contribution in [0, 0.1) is 5.92 Å². The lowest BCUT2D eigenvalue weighted by Gasteiger charge is -2.26. The van der Waals surface area contributed by atoms with Gasteiger partial charge in [0.1, 0.15) is 0 Å². The summed E-state index contributed by atoms with van der Waals surface area (Å²) in [6.07, 6.45) is 7.33. The van der Waals surface area contributed by atoms with Crippen molar-refractivity contribution in [3.63, 3.8) is 0 Å². The van der Waals surface area contributed by atoms with E-state index in [1.807, 2.05) is 47.4 Å². The number of benzene rings is 1. The zero-order valence-corrected chi connectivity index (χ0v) is 12.5. The Kier molecular flexibility index (Phi) is 4.53. The number of carboxylic acid groups (broad SMARTS) is 1. The molecule has 0 unspecified atom stereocenters. The van der Waals surface area contributed by atoms with Crippen molar-refractivity contribution in [2.45, 2.75) is 38.3 Å². The highest BCUT2D eigenvalue weighted by molar-refractivity contribution is 5.70. The molecule has 22 heavy (non-hydrogen) atoms. The van der Waals surface area contributed by atoms with E-state index in [-0.39, 0.29) is 5.92 Å². The number of carbonyl (C=O) groups is 1. The molecular formula is C17H21N3O2. The standard InChI is InChI=1S/C17H21N3O2/c21-17(22)14-6-8-15(9-7-14)18-10-13-11-19-20(12-13)16-4-2-1-3-5-16/h1-5,11-12,14-15,18H,6-10H2,(H,21,22). The fourth-order valence-electron chi connectivity index (χ4n) is 2.98. The van der Waals surface area contributed by atoms with Crippen LogP contribution in [0.5, 0.6) is 0 Å². The van der Waals surface area contributed by atoms with Gasteiger partial charge in [-0.15, -0.1) is 0 Å². The molecule has 0 atom stereocenters. The van der Waals surface area contributed by atoms with Crippen LogP contribution in [0.1, 0.15) is 31.2 Å². The van der Waals surface area contributed by atoms with E-state index in [0.717, 1.165) is 43.5 Å². The molecule has 2 N–H and O–H groups in total. The predicted molar refractivity (Wildman–Crippen MR) is 83.8 cm³/mol. The highest BCUT2D eigenvalue weighted by Gasteiger charge is 2.25. The Morgan fingerprint density at radius 1 is 1.23 bits per heavy atom. The van der Waals surface area contributed by atoms with Crippen molar-refractivity contribution in [3.05, 3.63) is 48.3 Å². The van der Waals surface area contributed by atoms with Gasteiger partial charge in [-0.25, -0.2) is 4.68 Å². The number of nitrogens with one attached hydrogen (secondary N) is 1. The molecule has 3 rings (SSSR count). The van der Waals surface area contributed by atoms with Crippen molar-refractivity contribution in [2.75, 3.05) is 0 Å². The second-order valence-corrected chi connectivity index (χ2v) is 5.90. The Labute approximate surface area is 130 Å². The first kappa shape index (κ1) is 14.8. The van der Waals surface area contributed by atoms with Crippen molar-refractivity contribution in [3.8, 4) is 5.69 Å². The summed E-state index contributed by atoms with van der Waals surface area (Å²) >= 11 is 0. The van der Waals surface area contributed by atoms with Crippen molar-refractivity contribution < 1.29 is 9.90 Å². The van der Waals surface area contributed by atoms with E-state index in [1.54, 1.807) is 0 Å². The van der Waals surface area contributed by atoms with E-state index in [4.69, 9.17) is 5.11 Å². The SMILES string of the molecule is O=C(O)C1CCC(NCc2cnn(-c3ccccc3)c2)CC1. The maximum Gasteiger partial charge on any atom is 0.306 e. The second kappa shape index (κ2) is 6.75. The lowest BCUT2D eigenvalue weighted by molar-refractivity contribution is -0.142. The molecule has 0 radical (unpaired) electrons. The molecule has 0 aliphatic heterocycles. The number of nitrogens with zero attached hydrogens (tertiary/aromatic N) is 2. The quantitative estimate of drug-likeness (QED) is 0.890. The summed E-state index contributed by atoms with van der Waals surface area (Å²) in [5.41, 5.74) is 2.19. The van der Waals surface area contributed by atoms with E-state index in [2.05, 4.69) is 10.4 Å². The predicted octanol–water partition coefficient (Wildman–Crippen LogP) is 2.61. The van der Waals surface area contributed by atoms with Gasteiger partial charge in [-0.05, 0) is 37.8 Å². The Morgan fingerprint density at radius 2 is 1.95 bits per heavy atom. The number of carboxylic acids is 1. The molecule has 1 aromatic carbocycles. The Bertz CT molecular complexity index is 616. The zero-order valence-electron chi connectivity index (χ0n) is 12.5. The molecule has 0 bridgehead atoms. The lowest BCUT2D eigenvalue weighted by atomic mass is 9.86. The van der Waals surface area contributed by atoms with Crippen LogP contribution in [0.25, 0.3) is 5.69 Å². The van der Waals surface area contributed by atoms with Gasteiger partial charge in [0.15, 0.2) is 0 Å². The number of aliphatic carboxylic acids is 1. The van der Waals surface area contributed by atoms with E-state index in [9.17, 15) is 4.79 Å². The third kappa shape index (κ3) is 3.54. The van der Waals surface area contributed by atoms with E-state index >= 15 is 0 Å². The van der Waals surface area contributed by atoms with Crippen molar-refractivity contribution >= 4 is 5.97 Å². The maximum atomic E-state index is 10.9. The summed E-state index contributed by atoms with van der Waals surface area (Å²) in [6, 6.07) is 10.4. The first-order chi connectivity index (χ1) is 10.7. The summed E-state index contributed by atoms with van der Waals surface area (Å²) in [6.45, 7) is 0.773. The lowest BCUT2D eigenvalue weighted by Crippen LogP contribution is -2.34. The van der Waals surface area contributed by atoms with Gasteiger partial charge < -0.3 is 10.4 Å². The maximum absolute atomic E-state index is 10.9. The monoisotopic (exact) mass is 299 g/mol. The number of rotatable bonds is 5. The van der Waals surface area contributed by atoms with Crippen LogP contribution in [-0.2, 0) is 11.3 Å². The fraction of sp³-hybridized carbons (Fsp3) is 0.412. The molecule has 0 spiro atoms.